The molecule has 0 saturated carbocycles. The largest absolute Gasteiger partial charge is 0.417 e. The highest BCUT2D eigenvalue weighted by Gasteiger charge is 2.12. The quantitative estimate of drug-likeness (QED) is 0.213. The number of hydrogen-bond acceptors (Lipinski definition) is 2. The van der Waals surface area contributed by atoms with Gasteiger partial charge in [0.15, 0.2) is 0 Å². The molecule has 0 aliphatic rings. The summed E-state index contributed by atoms with van der Waals surface area (Å²) in [5.41, 5.74) is 7.97. The van der Waals surface area contributed by atoms with E-state index in [0.29, 0.717) is 22.9 Å². The molecule has 0 aromatic heterocycles. The monoisotopic (exact) mass is 185 g/mol. The van der Waals surface area contributed by atoms with Crippen LogP contribution in [0.2, 0.25) is 5.04 Å². The second kappa shape index (κ2) is 6.05. The van der Waals surface area contributed by atoms with Gasteiger partial charge in [-0.1, -0.05) is 25.9 Å². The zero-order valence-electron chi connectivity index (χ0n) is 7.87. The van der Waals surface area contributed by atoms with Crippen LogP contribution < -0.4 is 0 Å². The van der Waals surface area contributed by atoms with Gasteiger partial charge in [-0.15, -0.1) is 0 Å². The minimum atomic E-state index is 0.249. The Hall–Kier alpha value is -0.513. The Labute approximate surface area is 75.9 Å². The predicted molar refractivity (Wildman–Crippen MR) is 50.1 cm³/mol. The van der Waals surface area contributed by atoms with Gasteiger partial charge >= 0.3 is 0 Å². The number of nitrogens with zero attached hydrogens (tertiary/aromatic N) is 3. The van der Waals surface area contributed by atoms with Crippen LogP contribution in [-0.4, -0.2) is 22.9 Å². The molecule has 0 aromatic carbocycles. The Morgan fingerprint density at radius 1 is 1.50 bits per heavy atom. The molecular weight excluding hydrogens is 170 g/mol. The molecule has 0 heterocycles. The van der Waals surface area contributed by atoms with Crippen LogP contribution in [0.25, 0.3) is 10.4 Å². The van der Waals surface area contributed by atoms with E-state index < -0.39 is 0 Å². The Morgan fingerprint density at radius 2 is 2.17 bits per heavy atom. The normalized spacial score (nSPS) is 10.9. The lowest BCUT2D eigenvalue weighted by molar-refractivity contribution is 0.316. The summed E-state index contributed by atoms with van der Waals surface area (Å²) in [4.78, 5) is 2.65. The Kier molecular flexibility index (Phi) is 5.79. The molecule has 2 radical (unpaired) electrons. The van der Waals surface area contributed by atoms with Gasteiger partial charge in [-0.2, -0.15) is 0 Å². The molecule has 0 atom stereocenters. The van der Waals surface area contributed by atoms with Crippen molar-refractivity contribution in [2.75, 3.05) is 13.2 Å². The number of azide groups is 1. The number of rotatable bonds is 5. The molecule has 0 saturated heterocycles. The van der Waals surface area contributed by atoms with Crippen molar-refractivity contribution in [3.63, 3.8) is 0 Å². The first kappa shape index (κ1) is 11.5. The molecule has 0 aliphatic carbocycles. The molecule has 0 N–H and O–H groups in total. The van der Waals surface area contributed by atoms with Crippen LogP contribution in [0.15, 0.2) is 5.11 Å². The van der Waals surface area contributed by atoms with Gasteiger partial charge in [-0.25, -0.2) is 0 Å². The van der Waals surface area contributed by atoms with E-state index in [4.69, 9.17) is 9.96 Å². The molecule has 0 aromatic rings. The van der Waals surface area contributed by atoms with Crippen molar-refractivity contribution in [1.82, 2.24) is 0 Å². The van der Waals surface area contributed by atoms with Gasteiger partial charge in [0.2, 0.25) is 9.76 Å². The first-order valence-corrected chi connectivity index (χ1v) is 4.87. The summed E-state index contributed by atoms with van der Waals surface area (Å²) >= 11 is 0. The van der Waals surface area contributed by atoms with Gasteiger partial charge in [0, 0.05) is 18.1 Å². The van der Waals surface area contributed by atoms with Gasteiger partial charge in [0.05, 0.1) is 0 Å². The lowest BCUT2D eigenvalue weighted by Gasteiger charge is -2.15. The zero-order valence-corrected chi connectivity index (χ0v) is 8.87. The topological polar surface area (TPSA) is 58.0 Å². The molecular formula is C7H15N3OSi. The molecule has 0 amide bonds. The van der Waals surface area contributed by atoms with E-state index in [2.05, 4.69) is 30.8 Å². The molecule has 12 heavy (non-hydrogen) atoms. The Balaban J connectivity index is 3.16. The van der Waals surface area contributed by atoms with Crippen molar-refractivity contribution >= 4 is 9.76 Å². The van der Waals surface area contributed by atoms with Crippen molar-refractivity contribution in [3.8, 4) is 0 Å². The second-order valence-corrected chi connectivity index (χ2v) is 5.50. The first-order valence-electron chi connectivity index (χ1n) is 3.96. The van der Waals surface area contributed by atoms with E-state index in [0.717, 1.165) is 6.42 Å². The van der Waals surface area contributed by atoms with Gasteiger partial charge in [-0.05, 0) is 17.0 Å². The summed E-state index contributed by atoms with van der Waals surface area (Å²) in [6.45, 7) is 7.64. The summed E-state index contributed by atoms with van der Waals surface area (Å²) < 4.78 is 5.39. The van der Waals surface area contributed by atoms with Crippen molar-refractivity contribution < 1.29 is 4.43 Å². The van der Waals surface area contributed by atoms with E-state index in [1.54, 1.807) is 0 Å². The maximum Gasteiger partial charge on any atom is 0.235 e. The lowest BCUT2D eigenvalue weighted by Crippen LogP contribution is -2.13. The minimum Gasteiger partial charge on any atom is -0.417 e. The fraction of sp³-hybridized carbons (Fsp3) is 1.00. The molecule has 68 valence electrons. The average molecular weight is 185 g/mol. The maximum atomic E-state index is 7.97. The van der Waals surface area contributed by atoms with E-state index in [-0.39, 0.29) is 5.04 Å². The SMILES string of the molecule is CC(C)(C)[Si]OCCCN=[N+]=[N-]. The highest BCUT2D eigenvalue weighted by molar-refractivity contribution is 6.31. The van der Waals surface area contributed by atoms with E-state index in [1.807, 2.05) is 0 Å². The molecule has 0 spiro atoms. The standard InChI is InChI=1S/C7H15N3OSi/c1-7(2,3)12-11-6-4-5-9-10-8/h4-6H2,1-3H3. The van der Waals surface area contributed by atoms with E-state index in [1.165, 1.54) is 0 Å². The Morgan fingerprint density at radius 3 is 2.67 bits per heavy atom. The van der Waals surface area contributed by atoms with Crippen LogP contribution in [0.5, 0.6) is 0 Å². The van der Waals surface area contributed by atoms with Crippen LogP contribution in [0.1, 0.15) is 27.2 Å². The van der Waals surface area contributed by atoms with Crippen molar-refractivity contribution in [3.05, 3.63) is 10.4 Å². The fourth-order valence-corrected chi connectivity index (χ4v) is 1.20. The van der Waals surface area contributed by atoms with Crippen molar-refractivity contribution in [1.29, 1.82) is 0 Å². The van der Waals surface area contributed by atoms with Gasteiger partial charge in [-0.3, -0.25) is 0 Å². The van der Waals surface area contributed by atoms with Gasteiger partial charge in [0.25, 0.3) is 0 Å². The molecule has 0 unspecified atom stereocenters. The van der Waals surface area contributed by atoms with Crippen molar-refractivity contribution in [2.24, 2.45) is 5.11 Å². The molecule has 0 bridgehead atoms. The van der Waals surface area contributed by atoms with E-state index >= 15 is 0 Å². The molecule has 5 heteroatoms. The summed E-state index contributed by atoms with van der Waals surface area (Å²) in [6, 6.07) is 0. The summed E-state index contributed by atoms with van der Waals surface area (Å²) in [7, 11) is 0.519. The number of hydrogen-bond donors (Lipinski definition) is 0. The maximum absolute atomic E-state index is 7.97. The van der Waals surface area contributed by atoms with Gasteiger partial charge < -0.3 is 4.43 Å². The van der Waals surface area contributed by atoms with Crippen LogP contribution in [0.4, 0.5) is 0 Å². The fourth-order valence-electron chi connectivity index (χ4n) is 0.520. The van der Waals surface area contributed by atoms with Crippen LogP contribution >= 0.6 is 0 Å². The predicted octanol–water partition coefficient (Wildman–Crippen LogP) is 2.54. The molecule has 0 aliphatic heterocycles. The lowest BCUT2D eigenvalue weighted by atomic mass is 10.3. The smallest absolute Gasteiger partial charge is 0.235 e. The highest BCUT2D eigenvalue weighted by atomic mass is 28.2. The van der Waals surface area contributed by atoms with Crippen LogP contribution in [0.3, 0.4) is 0 Å². The summed E-state index contributed by atoms with van der Waals surface area (Å²) in [5, 5.41) is 3.66. The Bertz CT molecular complexity index is 161. The van der Waals surface area contributed by atoms with Crippen molar-refractivity contribution in [2.45, 2.75) is 32.2 Å². The third kappa shape index (κ3) is 9.49. The van der Waals surface area contributed by atoms with E-state index in [9.17, 15) is 0 Å². The second-order valence-electron chi connectivity index (χ2n) is 3.51. The highest BCUT2D eigenvalue weighted by Crippen LogP contribution is 2.19. The summed E-state index contributed by atoms with van der Waals surface area (Å²) in [6.07, 6.45) is 0.813. The summed E-state index contributed by atoms with van der Waals surface area (Å²) in [5.74, 6) is 0. The average Bonchev–Trinajstić information content (AvgIpc) is 1.94. The van der Waals surface area contributed by atoms with Crippen LogP contribution in [-0.2, 0) is 4.43 Å². The molecule has 0 rings (SSSR count). The third-order valence-electron chi connectivity index (χ3n) is 0.946. The third-order valence-corrected chi connectivity index (χ3v) is 1.91. The first-order chi connectivity index (χ1) is 5.56. The van der Waals surface area contributed by atoms with Crippen LogP contribution in [0, 0.1) is 0 Å². The zero-order chi connectivity index (χ0) is 9.45. The molecule has 0 fully saturated rings. The van der Waals surface area contributed by atoms with Gasteiger partial charge in [0.1, 0.15) is 0 Å². The molecule has 4 nitrogen and oxygen atoms in total. The minimum absolute atomic E-state index is 0.249.